The van der Waals surface area contributed by atoms with Crippen LogP contribution >= 0.6 is 11.6 Å². The highest BCUT2D eigenvalue weighted by Crippen LogP contribution is 2.06. The second-order valence-electron chi connectivity index (χ2n) is 4.85. The lowest BCUT2D eigenvalue weighted by molar-refractivity contribution is -0.118. The summed E-state index contributed by atoms with van der Waals surface area (Å²) < 4.78 is 26.5. The summed E-state index contributed by atoms with van der Waals surface area (Å²) in [6.07, 6.45) is 5.81. The minimum atomic E-state index is -3.68. The van der Waals surface area contributed by atoms with E-state index in [1.165, 1.54) is 18.6 Å². The average molecular weight is 359 g/mol. The summed E-state index contributed by atoms with van der Waals surface area (Å²) >= 11 is 5.65. The molecule has 0 aliphatic carbocycles. The Morgan fingerprint density at radius 3 is 2.78 bits per heavy atom. The first-order valence-corrected chi connectivity index (χ1v) is 8.65. The molecular formula is C12H15ClN6O3S. The molecule has 0 spiro atoms. The minimum Gasteiger partial charge on any atom is -0.275 e. The molecule has 1 amide bonds. The van der Waals surface area contributed by atoms with E-state index < -0.39 is 27.4 Å². The summed E-state index contributed by atoms with van der Waals surface area (Å²) in [5.74, 6) is -1.87. The van der Waals surface area contributed by atoms with Gasteiger partial charge >= 0.3 is 0 Å². The van der Waals surface area contributed by atoms with Crippen LogP contribution in [0.5, 0.6) is 0 Å². The quantitative estimate of drug-likeness (QED) is 0.581. The van der Waals surface area contributed by atoms with Gasteiger partial charge in [0.05, 0.1) is 23.1 Å². The van der Waals surface area contributed by atoms with Gasteiger partial charge in [-0.15, -0.1) is 0 Å². The summed E-state index contributed by atoms with van der Waals surface area (Å²) in [5.41, 5.74) is 3.64. The van der Waals surface area contributed by atoms with Crippen molar-refractivity contribution in [1.82, 2.24) is 25.0 Å². The number of aryl methyl sites for hydroxylation is 2. The van der Waals surface area contributed by atoms with Gasteiger partial charge in [0, 0.05) is 25.0 Å². The van der Waals surface area contributed by atoms with E-state index in [0.717, 1.165) is 15.9 Å². The van der Waals surface area contributed by atoms with Crippen LogP contribution in [0.4, 0.5) is 0 Å². The van der Waals surface area contributed by atoms with Crippen LogP contribution in [0.1, 0.15) is 11.3 Å². The molecule has 1 N–H and O–H groups in total. The number of halogens is 1. The number of rotatable bonds is 6. The van der Waals surface area contributed by atoms with Gasteiger partial charge in [-0.1, -0.05) is 11.6 Å². The second kappa shape index (κ2) is 6.92. The molecule has 0 radical (unpaired) electrons. The van der Waals surface area contributed by atoms with Crippen molar-refractivity contribution in [3.05, 3.63) is 34.9 Å². The molecule has 124 valence electrons. The van der Waals surface area contributed by atoms with Crippen LogP contribution in [0.15, 0.2) is 23.7 Å². The number of carbonyl (C=O) groups is 1. The van der Waals surface area contributed by atoms with Gasteiger partial charge in [0.2, 0.25) is 0 Å². The van der Waals surface area contributed by atoms with Crippen LogP contribution < -0.4 is 5.43 Å². The van der Waals surface area contributed by atoms with E-state index in [-0.39, 0.29) is 0 Å². The molecule has 0 atom stereocenters. The highest BCUT2D eigenvalue weighted by Gasteiger charge is 2.17. The zero-order chi connectivity index (χ0) is 17.0. The molecule has 0 saturated carbocycles. The highest BCUT2D eigenvalue weighted by atomic mass is 35.5. The summed E-state index contributed by atoms with van der Waals surface area (Å²) in [5, 5.41) is 11.9. The van der Waals surface area contributed by atoms with Crippen molar-refractivity contribution in [2.45, 2.75) is 12.8 Å². The number of nitrogens with zero attached hydrogens (tertiary/aromatic N) is 5. The van der Waals surface area contributed by atoms with Gasteiger partial charge in [-0.05, 0) is 6.92 Å². The van der Waals surface area contributed by atoms with Crippen LogP contribution in [-0.4, -0.2) is 45.9 Å². The Morgan fingerprint density at radius 1 is 1.48 bits per heavy atom. The number of carbonyl (C=O) groups excluding carboxylic acids is 1. The van der Waals surface area contributed by atoms with Crippen LogP contribution in [0, 0.1) is 6.92 Å². The van der Waals surface area contributed by atoms with Gasteiger partial charge in [0.25, 0.3) is 5.91 Å². The van der Waals surface area contributed by atoms with Crippen LogP contribution in [0.25, 0.3) is 0 Å². The first-order chi connectivity index (χ1) is 10.7. The molecule has 0 bridgehead atoms. The van der Waals surface area contributed by atoms with Crippen molar-refractivity contribution in [2.75, 3.05) is 5.75 Å². The fourth-order valence-corrected chi connectivity index (χ4v) is 3.06. The fraction of sp³-hybridized carbons (Fsp3) is 0.333. The molecule has 2 heterocycles. The fourth-order valence-electron chi connectivity index (χ4n) is 1.81. The molecule has 11 heteroatoms. The first kappa shape index (κ1) is 17.2. The predicted molar refractivity (Wildman–Crippen MR) is 84.7 cm³/mol. The average Bonchev–Trinajstić information content (AvgIpc) is 2.94. The van der Waals surface area contributed by atoms with Crippen molar-refractivity contribution in [1.29, 1.82) is 0 Å². The number of aromatic nitrogens is 4. The van der Waals surface area contributed by atoms with Crippen molar-refractivity contribution in [2.24, 2.45) is 12.1 Å². The van der Waals surface area contributed by atoms with Crippen LogP contribution in [0.3, 0.4) is 0 Å². The second-order valence-corrected chi connectivity index (χ2v) is 7.32. The highest BCUT2D eigenvalue weighted by molar-refractivity contribution is 7.91. The van der Waals surface area contributed by atoms with E-state index in [1.54, 1.807) is 24.9 Å². The van der Waals surface area contributed by atoms with Crippen molar-refractivity contribution in [3.8, 4) is 0 Å². The molecule has 0 aliphatic rings. The number of hydrogen-bond donors (Lipinski definition) is 1. The molecule has 0 unspecified atom stereocenters. The number of sulfone groups is 1. The van der Waals surface area contributed by atoms with Gasteiger partial charge < -0.3 is 0 Å². The summed E-state index contributed by atoms with van der Waals surface area (Å²) in [4.78, 5) is 11.7. The zero-order valence-corrected chi connectivity index (χ0v) is 14.0. The SMILES string of the molecule is Cc1nn(C)cc1C=NNC(=O)CS(=O)(=O)Cn1cc(Cl)cn1. The third-order valence-corrected chi connectivity index (χ3v) is 4.28. The summed E-state index contributed by atoms with van der Waals surface area (Å²) in [6.45, 7) is 1.79. The number of hydrogen-bond acceptors (Lipinski definition) is 6. The Morgan fingerprint density at radius 2 is 2.22 bits per heavy atom. The van der Waals surface area contributed by atoms with E-state index in [2.05, 4.69) is 20.7 Å². The molecule has 2 rings (SSSR count). The monoisotopic (exact) mass is 358 g/mol. The molecule has 2 aromatic rings. The molecule has 0 aliphatic heterocycles. The topological polar surface area (TPSA) is 111 Å². The van der Waals surface area contributed by atoms with Gasteiger partial charge in [0.1, 0.15) is 11.6 Å². The summed E-state index contributed by atoms with van der Waals surface area (Å²) in [6, 6.07) is 0. The van der Waals surface area contributed by atoms with E-state index >= 15 is 0 Å². The lowest BCUT2D eigenvalue weighted by Crippen LogP contribution is -2.28. The Hall–Kier alpha value is -2.20. The van der Waals surface area contributed by atoms with Gasteiger partial charge in [-0.25, -0.2) is 13.8 Å². The number of nitrogens with one attached hydrogen (secondary N) is 1. The Balaban J connectivity index is 1.89. The lowest BCUT2D eigenvalue weighted by Gasteiger charge is -2.03. The van der Waals surface area contributed by atoms with Gasteiger partial charge in [-0.2, -0.15) is 15.3 Å². The van der Waals surface area contributed by atoms with E-state index in [1.807, 2.05) is 0 Å². The molecular weight excluding hydrogens is 344 g/mol. The van der Waals surface area contributed by atoms with Crippen molar-refractivity contribution in [3.63, 3.8) is 0 Å². The number of hydrazone groups is 1. The molecule has 2 aromatic heterocycles. The largest absolute Gasteiger partial charge is 0.275 e. The van der Waals surface area contributed by atoms with Crippen LogP contribution in [-0.2, 0) is 27.6 Å². The molecule has 9 nitrogen and oxygen atoms in total. The summed E-state index contributed by atoms with van der Waals surface area (Å²) in [7, 11) is -1.92. The molecule has 0 aromatic carbocycles. The van der Waals surface area contributed by atoms with E-state index in [9.17, 15) is 13.2 Å². The zero-order valence-electron chi connectivity index (χ0n) is 12.5. The first-order valence-electron chi connectivity index (χ1n) is 6.46. The Labute approximate surface area is 137 Å². The van der Waals surface area contributed by atoms with Gasteiger partial charge in [-0.3, -0.25) is 14.2 Å². The molecule has 0 saturated heterocycles. The van der Waals surface area contributed by atoms with Gasteiger partial charge in [0.15, 0.2) is 9.84 Å². The third-order valence-electron chi connectivity index (χ3n) is 2.73. The predicted octanol–water partition coefficient (Wildman–Crippen LogP) is 0.101. The normalized spacial score (nSPS) is 12.0. The Bertz CT molecular complexity index is 839. The number of amides is 1. The van der Waals surface area contributed by atoms with E-state index in [0.29, 0.717) is 5.02 Å². The smallest absolute Gasteiger partial charge is 0.255 e. The maximum atomic E-state index is 11.9. The van der Waals surface area contributed by atoms with Crippen molar-refractivity contribution >= 4 is 33.6 Å². The van der Waals surface area contributed by atoms with Crippen LogP contribution in [0.2, 0.25) is 5.02 Å². The van der Waals surface area contributed by atoms with E-state index in [4.69, 9.17) is 11.6 Å². The van der Waals surface area contributed by atoms with Crippen molar-refractivity contribution < 1.29 is 13.2 Å². The third kappa shape index (κ3) is 5.18. The standard InChI is InChI=1S/C12H15ClN6O3S/c1-9-10(5-18(2)17-9)3-14-16-12(20)7-23(21,22)8-19-6-11(13)4-15-19/h3-6H,7-8H2,1-2H3,(H,16,20). The molecule has 23 heavy (non-hydrogen) atoms. The maximum Gasteiger partial charge on any atom is 0.255 e. The minimum absolute atomic E-state index is 0.320. The Kier molecular flexibility index (Phi) is 5.16. The lowest BCUT2D eigenvalue weighted by atomic mass is 10.3. The molecule has 0 fully saturated rings. The maximum absolute atomic E-state index is 11.9.